The van der Waals surface area contributed by atoms with E-state index in [1.807, 2.05) is 73.7 Å². The van der Waals surface area contributed by atoms with Crippen molar-refractivity contribution in [1.29, 1.82) is 0 Å². The van der Waals surface area contributed by atoms with Crippen LogP contribution in [0.15, 0.2) is 72.9 Å². The van der Waals surface area contributed by atoms with Crippen molar-refractivity contribution in [3.05, 3.63) is 89.8 Å². The fraction of sp³-hybridized carbons (Fsp3) is 0.125. The Morgan fingerprint density at radius 3 is 2.63 bits per heavy atom. The molecule has 4 aromatic rings. The van der Waals surface area contributed by atoms with Gasteiger partial charge in [0.1, 0.15) is 11.3 Å². The molecule has 6 heteroatoms. The van der Waals surface area contributed by atoms with E-state index >= 15 is 0 Å². The number of thiazole rings is 1. The lowest BCUT2D eigenvalue weighted by atomic mass is 10.2. The average molecular weight is 416 g/mol. The van der Waals surface area contributed by atoms with Crippen LogP contribution in [0.3, 0.4) is 0 Å². The minimum atomic E-state index is -0.153. The van der Waals surface area contributed by atoms with Crippen molar-refractivity contribution < 1.29 is 9.53 Å². The third-order valence-corrected chi connectivity index (χ3v) is 5.89. The van der Waals surface area contributed by atoms with Crippen molar-refractivity contribution in [2.45, 2.75) is 13.5 Å². The highest BCUT2D eigenvalue weighted by Gasteiger charge is 2.21. The first-order valence-corrected chi connectivity index (χ1v) is 10.4. The summed E-state index contributed by atoms with van der Waals surface area (Å²) in [6.45, 7) is 2.37. The number of fused-ring (bicyclic) bond motifs is 1. The number of nitrogens with zero attached hydrogens (tertiary/aromatic N) is 3. The average Bonchev–Trinajstić information content (AvgIpc) is 3.24. The Balaban J connectivity index is 1.73. The Labute approximate surface area is 179 Å². The molecule has 0 N–H and O–H groups in total. The van der Waals surface area contributed by atoms with Gasteiger partial charge in [-0.2, -0.15) is 0 Å². The van der Waals surface area contributed by atoms with Gasteiger partial charge in [0, 0.05) is 12.3 Å². The fourth-order valence-electron chi connectivity index (χ4n) is 3.09. The number of hydrogen-bond acceptors (Lipinski definition) is 5. The Bertz CT molecular complexity index is 1190. The Morgan fingerprint density at radius 2 is 1.90 bits per heavy atom. The Morgan fingerprint density at radius 1 is 1.10 bits per heavy atom. The Hall–Kier alpha value is -3.51. The molecule has 0 aliphatic heterocycles. The summed E-state index contributed by atoms with van der Waals surface area (Å²) in [7, 11) is 1.63. The zero-order chi connectivity index (χ0) is 20.9. The second-order valence-corrected chi connectivity index (χ2v) is 7.73. The standard InChI is InChI=1S/C24H21N3O2S/c1-17-11-13-20(29-2)22-23(17)30-24(26-22)27(16-19-10-6-7-15-25-19)21(28)14-12-18-8-4-3-5-9-18/h3-15H,16H2,1-2H3/b14-12+. The normalized spacial score (nSPS) is 11.1. The molecular formula is C24H21N3O2S. The second-order valence-electron chi connectivity index (χ2n) is 6.75. The van der Waals surface area contributed by atoms with Crippen LogP contribution < -0.4 is 9.64 Å². The largest absolute Gasteiger partial charge is 0.494 e. The molecule has 0 spiro atoms. The summed E-state index contributed by atoms with van der Waals surface area (Å²) in [6, 6.07) is 19.3. The highest BCUT2D eigenvalue weighted by molar-refractivity contribution is 7.22. The molecular weight excluding hydrogens is 394 g/mol. The number of benzene rings is 2. The minimum absolute atomic E-state index is 0.153. The van der Waals surface area contributed by atoms with Crippen LogP contribution in [0, 0.1) is 6.92 Å². The quantitative estimate of drug-likeness (QED) is 0.403. The van der Waals surface area contributed by atoms with Gasteiger partial charge < -0.3 is 4.74 Å². The molecule has 0 fully saturated rings. The van der Waals surface area contributed by atoms with Gasteiger partial charge in [0.15, 0.2) is 5.13 Å². The number of aryl methyl sites for hydroxylation is 1. The predicted molar refractivity (Wildman–Crippen MR) is 122 cm³/mol. The van der Waals surface area contributed by atoms with E-state index in [0.717, 1.165) is 27.0 Å². The molecule has 0 unspecified atom stereocenters. The molecule has 2 aromatic heterocycles. The maximum atomic E-state index is 13.2. The molecule has 0 bridgehead atoms. The first kappa shape index (κ1) is 19.8. The monoisotopic (exact) mass is 415 g/mol. The van der Waals surface area contributed by atoms with E-state index in [1.54, 1.807) is 24.3 Å². The predicted octanol–water partition coefficient (Wildman–Crippen LogP) is 5.25. The lowest BCUT2D eigenvalue weighted by Gasteiger charge is -2.17. The van der Waals surface area contributed by atoms with Crippen LogP contribution in [0.4, 0.5) is 5.13 Å². The van der Waals surface area contributed by atoms with Crippen molar-refractivity contribution in [3.63, 3.8) is 0 Å². The molecule has 0 radical (unpaired) electrons. The van der Waals surface area contributed by atoms with E-state index in [-0.39, 0.29) is 5.91 Å². The summed E-state index contributed by atoms with van der Waals surface area (Å²) < 4.78 is 6.48. The molecule has 0 saturated heterocycles. The molecule has 0 aliphatic rings. The van der Waals surface area contributed by atoms with Crippen molar-refractivity contribution in [2.75, 3.05) is 12.0 Å². The van der Waals surface area contributed by atoms with Gasteiger partial charge in [0.05, 0.1) is 24.0 Å². The van der Waals surface area contributed by atoms with Gasteiger partial charge in [-0.25, -0.2) is 4.98 Å². The summed E-state index contributed by atoms with van der Waals surface area (Å²) in [6.07, 6.45) is 5.12. The van der Waals surface area contributed by atoms with E-state index in [4.69, 9.17) is 9.72 Å². The van der Waals surface area contributed by atoms with E-state index < -0.39 is 0 Å². The van der Waals surface area contributed by atoms with E-state index in [0.29, 0.717) is 17.4 Å². The lowest BCUT2D eigenvalue weighted by Crippen LogP contribution is -2.29. The topological polar surface area (TPSA) is 55.3 Å². The van der Waals surface area contributed by atoms with E-state index in [9.17, 15) is 4.79 Å². The number of methoxy groups -OCH3 is 1. The zero-order valence-electron chi connectivity index (χ0n) is 16.8. The number of hydrogen-bond donors (Lipinski definition) is 0. The SMILES string of the molecule is COc1ccc(C)c2sc(N(Cc3ccccn3)C(=O)/C=C/c3ccccc3)nc12. The van der Waals surface area contributed by atoms with E-state index in [1.165, 1.54) is 11.3 Å². The molecule has 0 atom stereocenters. The Kier molecular flexibility index (Phi) is 5.86. The van der Waals surface area contributed by atoms with Gasteiger partial charge in [-0.15, -0.1) is 0 Å². The molecule has 0 aliphatic carbocycles. The molecule has 5 nitrogen and oxygen atoms in total. The number of pyridine rings is 1. The van der Waals surface area contributed by atoms with Crippen molar-refractivity contribution in [1.82, 2.24) is 9.97 Å². The number of carbonyl (C=O) groups is 1. The molecule has 1 amide bonds. The summed E-state index contributed by atoms with van der Waals surface area (Å²) in [4.78, 5) is 24.0. The van der Waals surface area contributed by atoms with Gasteiger partial charge in [0.25, 0.3) is 5.91 Å². The summed E-state index contributed by atoms with van der Waals surface area (Å²) in [5, 5.41) is 0.617. The van der Waals surface area contributed by atoms with Gasteiger partial charge in [-0.05, 0) is 42.3 Å². The molecule has 2 aromatic carbocycles. The summed E-state index contributed by atoms with van der Waals surface area (Å²) in [5.74, 6) is 0.545. The molecule has 4 rings (SSSR count). The van der Waals surface area contributed by atoms with Gasteiger partial charge in [0.2, 0.25) is 0 Å². The van der Waals surface area contributed by atoms with Gasteiger partial charge >= 0.3 is 0 Å². The molecule has 30 heavy (non-hydrogen) atoms. The van der Waals surface area contributed by atoms with Crippen LogP contribution in [-0.2, 0) is 11.3 Å². The van der Waals surface area contributed by atoms with Gasteiger partial charge in [-0.1, -0.05) is 53.8 Å². The van der Waals surface area contributed by atoms with Crippen molar-refractivity contribution >= 4 is 38.7 Å². The fourth-order valence-corrected chi connectivity index (χ4v) is 4.15. The minimum Gasteiger partial charge on any atom is -0.494 e. The van der Waals surface area contributed by atoms with Crippen LogP contribution in [0.5, 0.6) is 5.75 Å². The highest BCUT2D eigenvalue weighted by atomic mass is 32.1. The lowest BCUT2D eigenvalue weighted by molar-refractivity contribution is -0.114. The van der Waals surface area contributed by atoms with Crippen LogP contribution in [-0.4, -0.2) is 23.0 Å². The maximum absolute atomic E-state index is 13.2. The number of aromatic nitrogens is 2. The maximum Gasteiger partial charge on any atom is 0.253 e. The first-order valence-electron chi connectivity index (χ1n) is 9.54. The van der Waals surface area contributed by atoms with Crippen LogP contribution >= 0.6 is 11.3 Å². The highest BCUT2D eigenvalue weighted by Crippen LogP contribution is 2.36. The number of rotatable bonds is 6. The summed E-state index contributed by atoms with van der Waals surface area (Å²) >= 11 is 1.48. The van der Waals surface area contributed by atoms with Crippen LogP contribution in [0.25, 0.3) is 16.3 Å². The molecule has 150 valence electrons. The molecule has 2 heterocycles. The van der Waals surface area contributed by atoms with Crippen LogP contribution in [0.1, 0.15) is 16.8 Å². The van der Waals surface area contributed by atoms with Crippen LogP contribution in [0.2, 0.25) is 0 Å². The summed E-state index contributed by atoms with van der Waals surface area (Å²) in [5.41, 5.74) is 3.62. The second kappa shape index (κ2) is 8.88. The number of anilines is 1. The smallest absolute Gasteiger partial charge is 0.253 e. The molecule has 0 saturated carbocycles. The number of amides is 1. The zero-order valence-corrected chi connectivity index (χ0v) is 17.6. The number of carbonyl (C=O) groups excluding carboxylic acids is 1. The van der Waals surface area contributed by atoms with Crippen molar-refractivity contribution in [2.24, 2.45) is 0 Å². The van der Waals surface area contributed by atoms with Crippen molar-refractivity contribution in [3.8, 4) is 5.75 Å². The number of ether oxygens (including phenoxy) is 1. The van der Waals surface area contributed by atoms with E-state index in [2.05, 4.69) is 4.98 Å². The first-order chi connectivity index (χ1) is 14.7. The third kappa shape index (κ3) is 4.23. The third-order valence-electron chi connectivity index (χ3n) is 4.67. The van der Waals surface area contributed by atoms with Gasteiger partial charge in [-0.3, -0.25) is 14.7 Å².